The molecule has 0 unspecified atom stereocenters. The highest BCUT2D eigenvalue weighted by Crippen LogP contribution is 2.28. The predicted molar refractivity (Wildman–Crippen MR) is 53.5 cm³/mol. The Kier molecular flexibility index (Phi) is 9.58. The Morgan fingerprint density at radius 3 is 2.07 bits per heavy atom. The van der Waals surface area contributed by atoms with Crippen LogP contribution < -0.4 is 12.4 Å². The Morgan fingerprint density at radius 1 is 1.21 bits per heavy atom. The lowest BCUT2D eigenvalue weighted by molar-refractivity contribution is -0.128. The number of carbonyl (C=O) groups excluding carboxylic acids is 1. The first-order valence-corrected chi connectivity index (χ1v) is 5.20. The molecular formula is C11H21ClFO-. The van der Waals surface area contributed by atoms with Gasteiger partial charge in [0.15, 0.2) is 0 Å². The second-order valence-corrected chi connectivity index (χ2v) is 3.84. The zero-order valence-electron chi connectivity index (χ0n) is 9.41. The Hall–Kier alpha value is -0.110. The minimum absolute atomic E-state index is 0. The Labute approximate surface area is 92.9 Å². The van der Waals surface area contributed by atoms with Crippen LogP contribution in [0.5, 0.6) is 0 Å². The van der Waals surface area contributed by atoms with Crippen LogP contribution in [0.15, 0.2) is 0 Å². The van der Waals surface area contributed by atoms with Crippen molar-refractivity contribution in [1.82, 2.24) is 0 Å². The van der Waals surface area contributed by atoms with Gasteiger partial charge in [0.2, 0.25) is 0 Å². The van der Waals surface area contributed by atoms with Crippen molar-refractivity contribution in [3.8, 4) is 0 Å². The molecule has 0 aromatic carbocycles. The molecule has 0 bridgehead atoms. The molecule has 0 aliphatic rings. The van der Waals surface area contributed by atoms with E-state index in [9.17, 15) is 9.18 Å². The van der Waals surface area contributed by atoms with Crippen molar-refractivity contribution >= 4 is 5.78 Å². The number of ketones is 1. The number of hydrogen-bond donors (Lipinski definition) is 0. The van der Waals surface area contributed by atoms with Crippen molar-refractivity contribution in [2.45, 2.75) is 52.9 Å². The van der Waals surface area contributed by atoms with E-state index in [4.69, 9.17) is 0 Å². The smallest absolute Gasteiger partial charge is 0.138 e. The van der Waals surface area contributed by atoms with Gasteiger partial charge >= 0.3 is 0 Å². The van der Waals surface area contributed by atoms with Crippen molar-refractivity contribution in [2.24, 2.45) is 5.41 Å². The molecule has 0 radical (unpaired) electrons. The highest BCUT2D eigenvalue weighted by molar-refractivity contribution is 5.84. The van der Waals surface area contributed by atoms with E-state index >= 15 is 0 Å². The molecule has 3 heteroatoms. The third kappa shape index (κ3) is 4.94. The van der Waals surface area contributed by atoms with Crippen LogP contribution in [-0.4, -0.2) is 12.5 Å². The Balaban J connectivity index is 0. The maximum absolute atomic E-state index is 11.8. The first-order valence-electron chi connectivity index (χ1n) is 5.20. The van der Waals surface area contributed by atoms with Crippen LogP contribution in [0.25, 0.3) is 0 Å². The molecule has 0 atom stereocenters. The van der Waals surface area contributed by atoms with Gasteiger partial charge in [-0.05, 0) is 25.7 Å². The van der Waals surface area contributed by atoms with E-state index in [-0.39, 0.29) is 24.5 Å². The van der Waals surface area contributed by atoms with Crippen LogP contribution in [0.4, 0.5) is 4.39 Å². The minimum atomic E-state index is -0.303. The van der Waals surface area contributed by atoms with Crippen molar-refractivity contribution in [3.63, 3.8) is 0 Å². The zero-order valence-corrected chi connectivity index (χ0v) is 10.2. The fourth-order valence-corrected chi connectivity index (χ4v) is 1.33. The zero-order chi connectivity index (χ0) is 10.3. The first kappa shape index (κ1) is 16.3. The van der Waals surface area contributed by atoms with Gasteiger partial charge in [0.25, 0.3) is 0 Å². The van der Waals surface area contributed by atoms with Gasteiger partial charge in [0.1, 0.15) is 5.78 Å². The van der Waals surface area contributed by atoms with E-state index < -0.39 is 0 Å². The highest BCUT2D eigenvalue weighted by atomic mass is 35.5. The molecule has 0 rings (SSSR count). The number of halogens is 2. The SMILES string of the molecule is CCC(C)(CC)C(=O)CCCCF.[Cl-]. The summed E-state index contributed by atoms with van der Waals surface area (Å²) < 4.78 is 11.8. The summed E-state index contributed by atoms with van der Waals surface area (Å²) in [5, 5.41) is 0. The predicted octanol–water partition coefficient (Wildman–Crippen LogP) is 0.526. The summed E-state index contributed by atoms with van der Waals surface area (Å²) in [4.78, 5) is 11.7. The molecular weight excluding hydrogens is 203 g/mol. The summed E-state index contributed by atoms with van der Waals surface area (Å²) in [6, 6.07) is 0. The van der Waals surface area contributed by atoms with Crippen molar-refractivity contribution in [2.75, 3.05) is 6.67 Å². The van der Waals surface area contributed by atoms with Crippen molar-refractivity contribution in [1.29, 1.82) is 0 Å². The van der Waals surface area contributed by atoms with E-state index in [1.807, 2.05) is 20.8 Å². The van der Waals surface area contributed by atoms with Gasteiger partial charge in [0.05, 0.1) is 6.67 Å². The van der Waals surface area contributed by atoms with Gasteiger partial charge in [-0.2, -0.15) is 0 Å². The summed E-state index contributed by atoms with van der Waals surface area (Å²) in [6.45, 7) is 5.78. The number of alkyl halides is 1. The molecule has 0 aromatic heterocycles. The van der Waals surface area contributed by atoms with E-state index in [0.29, 0.717) is 25.0 Å². The van der Waals surface area contributed by atoms with Crippen LogP contribution in [0, 0.1) is 5.41 Å². The lowest BCUT2D eigenvalue weighted by atomic mass is 9.79. The molecule has 14 heavy (non-hydrogen) atoms. The average molecular weight is 224 g/mol. The third-order valence-electron chi connectivity index (χ3n) is 3.02. The van der Waals surface area contributed by atoms with E-state index in [1.54, 1.807) is 0 Å². The molecule has 0 fully saturated rings. The number of hydrogen-bond acceptors (Lipinski definition) is 1. The molecule has 0 aliphatic carbocycles. The van der Waals surface area contributed by atoms with Crippen LogP contribution in [-0.2, 0) is 4.79 Å². The van der Waals surface area contributed by atoms with Gasteiger partial charge in [-0.25, -0.2) is 0 Å². The second kappa shape index (κ2) is 8.22. The molecule has 0 spiro atoms. The standard InChI is InChI=1S/C11H21FO.ClH/c1-4-11(3,5-2)10(13)8-6-7-9-12;/h4-9H2,1-3H3;1H/p-1. The van der Waals surface area contributed by atoms with E-state index in [0.717, 1.165) is 12.8 Å². The number of unbranched alkanes of at least 4 members (excludes halogenated alkanes) is 1. The largest absolute Gasteiger partial charge is 1.00 e. The van der Waals surface area contributed by atoms with Crippen LogP contribution in [0.3, 0.4) is 0 Å². The van der Waals surface area contributed by atoms with Crippen LogP contribution in [0.2, 0.25) is 0 Å². The second-order valence-electron chi connectivity index (χ2n) is 3.84. The Morgan fingerprint density at radius 2 is 1.71 bits per heavy atom. The topological polar surface area (TPSA) is 17.1 Å². The summed E-state index contributed by atoms with van der Waals surface area (Å²) in [6.07, 6.45) is 3.54. The molecule has 0 aliphatic heterocycles. The minimum Gasteiger partial charge on any atom is -1.00 e. The fourth-order valence-electron chi connectivity index (χ4n) is 1.33. The molecule has 0 aromatic rings. The van der Waals surface area contributed by atoms with Gasteiger partial charge in [-0.3, -0.25) is 9.18 Å². The molecule has 86 valence electrons. The van der Waals surface area contributed by atoms with Crippen molar-refractivity contribution in [3.05, 3.63) is 0 Å². The summed E-state index contributed by atoms with van der Waals surface area (Å²) in [5.41, 5.74) is -0.170. The first-order chi connectivity index (χ1) is 6.10. The fraction of sp³-hybridized carbons (Fsp3) is 0.909. The lowest BCUT2D eigenvalue weighted by Gasteiger charge is -2.24. The summed E-state index contributed by atoms with van der Waals surface area (Å²) >= 11 is 0. The molecule has 0 saturated heterocycles. The summed E-state index contributed by atoms with van der Waals surface area (Å²) in [5.74, 6) is 0.297. The van der Waals surface area contributed by atoms with E-state index in [2.05, 4.69) is 0 Å². The maximum atomic E-state index is 11.8. The number of carbonyl (C=O) groups is 1. The number of Topliss-reactive ketones (excluding diaryl/α,β-unsaturated/α-hetero) is 1. The molecule has 0 N–H and O–H groups in total. The van der Waals surface area contributed by atoms with Crippen LogP contribution in [0.1, 0.15) is 52.9 Å². The maximum Gasteiger partial charge on any atom is 0.138 e. The molecule has 0 saturated carbocycles. The number of rotatable bonds is 7. The summed E-state index contributed by atoms with van der Waals surface area (Å²) in [7, 11) is 0. The van der Waals surface area contributed by atoms with Gasteiger partial charge in [0, 0.05) is 11.8 Å². The molecule has 0 heterocycles. The monoisotopic (exact) mass is 223 g/mol. The normalized spacial score (nSPS) is 10.9. The van der Waals surface area contributed by atoms with Crippen molar-refractivity contribution < 1.29 is 21.6 Å². The molecule has 0 amide bonds. The average Bonchev–Trinajstić information content (AvgIpc) is 2.17. The highest BCUT2D eigenvalue weighted by Gasteiger charge is 2.27. The third-order valence-corrected chi connectivity index (χ3v) is 3.02. The van der Waals surface area contributed by atoms with Gasteiger partial charge in [-0.1, -0.05) is 20.8 Å². The molecule has 1 nitrogen and oxygen atoms in total. The van der Waals surface area contributed by atoms with Gasteiger partial charge < -0.3 is 12.4 Å². The Bertz CT molecular complexity index is 155. The van der Waals surface area contributed by atoms with Gasteiger partial charge in [-0.15, -0.1) is 0 Å². The lowest BCUT2D eigenvalue weighted by Crippen LogP contribution is -3.00. The van der Waals surface area contributed by atoms with Crippen LogP contribution >= 0.6 is 0 Å². The van der Waals surface area contributed by atoms with E-state index in [1.165, 1.54) is 0 Å². The quantitative estimate of drug-likeness (QED) is 0.576.